The van der Waals surface area contributed by atoms with Crippen LogP contribution in [0.25, 0.3) is 0 Å². The van der Waals surface area contributed by atoms with Crippen LogP contribution in [0.4, 0.5) is 26.3 Å². The van der Waals surface area contributed by atoms with E-state index in [4.69, 9.17) is 9.47 Å². The first kappa shape index (κ1) is 50.3. The number of benzene rings is 1. The average Bonchev–Trinajstić information content (AvgIpc) is 3.56. The minimum absolute atomic E-state index is 0.0373. The molecule has 2 aliphatic carbocycles. The molecule has 21 heteroatoms. The van der Waals surface area contributed by atoms with Crippen LogP contribution in [0, 0.1) is 22.2 Å². The molecule has 3 atom stereocenters. The highest BCUT2D eigenvalue weighted by Crippen LogP contribution is 2.60. The lowest BCUT2D eigenvalue weighted by atomic mass is 9.70. The van der Waals surface area contributed by atoms with E-state index < -0.39 is 87.4 Å². The van der Waals surface area contributed by atoms with Crippen molar-refractivity contribution in [1.29, 1.82) is 0 Å². The van der Waals surface area contributed by atoms with Crippen LogP contribution in [0.3, 0.4) is 0 Å². The van der Waals surface area contributed by atoms with Gasteiger partial charge in [-0.05, 0) is 83.9 Å². The second kappa shape index (κ2) is 18.9. The Morgan fingerprint density at radius 1 is 0.884 bits per heavy atom. The fraction of sp³-hybridized carbons (Fsp3) is 0.646. The van der Waals surface area contributed by atoms with Crippen molar-refractivity contribution in [2.24, 2.45) is 22.2 Å². The first-order valence-electron chi connectivity index (χ1n) is 23.6. The number of ether oxygens (including phenoxy) is 2. The lowest BCUT2D eigenvalue weighted by Crippen LogP contribution is -2.67. The Morgan fingerprint density at radius 2 is 1.54 bits per heavy atom. The summed E-state index contributed by atoms with van der Waals surface area (Å²) in [4.78, 5) is 79.7. The molecule has 376 valence electrons. The van der Waals surface area contributed by atoms with Gasteiger partial charge in [-0.2, -0.15) is 31.4 Å². The maximum Gasteiger partial charge on any atom is 0.416 e. The van der Waals surface area contributed by atoms with Gasteiger partial charge in [0.15, 0.2) is 0 Å². The van der Waals surface area contributed by atoms with Crippen molar-refractivity contribution in [2.75, 3.05) is 45.9 Å². The number of hydrogen-bond donors (Lipinski definition) is 1. The molecule has 5 heterocycles. The highest BCUT2D eigenvalue weighted by molar-refractivity contribution is 7.09. The highest BCUT2D eigenvalue weighted by Gasteiger charge is 2.72. The summed E-state index contributed by atoms with van der Waals surface area (Å²) in [5.74, 6) is -4.05. The van der Waals surface area contributed by atoms with E-state index >= 15 is 0 Å². The zero-order valence-electron chi connectivity index (χ0n) is 39.2. The van der Waals surface area contributed by atoms with Crippen molar-refractivity contribution in [3.8, 4) is 0 Å². The number of piperidine rings is 1. The number of halogens is 6. The van der Waals surface area contributed by atoms with Crippen LogP contribution in [-0.4, -0.2) is 129 Å². The van der Waals surface area contributed by atoms with Crippen molar-refractivity contribution >= 4 is 40.9 Å². The Bertz CT molecular complexity index is 2360. The predicted octanol–water partition coefficient (Wildman–Crippen LogP) is 7.24. The zero-order valence-corrected chi connectivity index (χ0v) is 40.0. The molecule has 1 spiro atoms. The number of thiazole rings is 1. The summed E-state index contributed by atoms with van der Waals surface area (Å²) in [5, 5.41) is 10.1. The lowest BCUT2D eigenvalue weighted by Gasteiger charge is -2.51. The number of nitrogens with one attached hydrogen (secondary N) is 1. The van der Waals surface area contributed by atoms with E-state index in [1.165, 1.54) is 34.1 Å². The fourth-order valence-corrected chi connectivity index (χ4v) is 11.3. The minimum Gasteiger partial charge on any atom is -0.459 e. The van der Waals surface area contributed by atoms with Gasteiger partial charge in [0.2, 0.25) is 17.7 Å². The molecule has 3 saturated heterocycles. The molecule has 1 N–H and O–H groups in total. The number of hydrogen-bond acceptors (Lipinski definition) is 10. The molecule has 3 aromatic rings. The van der Waals surface area contributed by atoms with Crippen LogP contribution in [-0.2, 0) is 41.4 Å². The fourth-order valence-electron chi connectivity index (χ4n) is 10.5. The molecule has 4 amide bonds. The Hall–Kier alpha value is -5.05. The van der Waals surface area contributed by atoms with E-state index in [1.807, 2.05) is 5.38 Å². The van der Waals surface area contributed by atoms with Gasteiger partial charge in [0.25, 0.3) is 5.91 Å². The lowest BCUT2D eigenvalue weighted by molar-refractivity contribution is -0.205. The third kappa shape index (κ3) is 10.5. The molecule has 14 nitrogen and oxygen atoms in total. The first-order chi connectivity index (χ1) is 32.4. The molecule has 0 bridgehead atoms. The summed E-state index contributed by atoms with van der Waals surface area (Å²) in [6, 6.07) is 3.21. The number of carbonyl (C=O) groups excluding carboxylic acids is 5. The number of alkyl halides is 6. The molecular formula is C48H59F6N7O7S. The van der Waals surface area contributed by atoms with E-state index in [9.17, 15) is 50.3 Å². The Balaban J connectivity index is 1.03. The summed E-state index contributed by atoms with van der Waals surface area (Å²) in [6.07, 6.45) is -1.76. The van der Waals surface area contributed by atoms with Gasteiger partial charge in [0.05, 0.1) is 52.9 Å². The minimum atomic E-state index is -4.76. The topological polar surface area (TPSA) is 156 Å². The number of nitrogens with zero attached hydrogens (tertiary/aromatic N) is 6. The van der Waals surface area contributed by atoms with E-state index in [0.717, 1.165) is 41.3 Å². The number of likely N-dealkylation sites (tertiary alicyclic amines) is 3. The van der Waals surface area contributed by atoms with E-state index in [0.29, 0.717) is 44.3 Å². The number of esters is 1. The summed E-state index contributed by atoms with van der Waals surface area (Å²) in [7, 11) is 0. The second-order valence-electron chi connectivity index (χ2n) is 20.8. The van der Waals surface area contributed by atoms with Crippen molar-refractivity contribution < 1.29 is 59.8 Å². The van der Waals surface area contributed by atoms with Crippen LogP contribution in [0.1, 0.15) is 118 Å². The van der Waals surface area contributed by atoms with Crippen molar-refractivity contribution in [2.45, 2.75) is 128 Å². The van der Waals surface area contributed by atoms with Crippen LogP contribution in [0.5, 0.6) is 0 Å². The smallest absolute Gasteiger partial charge is 0.416 e. The van der Waals surface area contributed by atoms with Gasteiger partial charge in [-0.15, -0.1) is 11.3 Å². The van der Waals surface area contributed by atoms with E-state index in [2.05, 4.69) is 15.4 Å². The normalized spacial score (nSPS) is 22.2. The average molecular weight is 992 g/mol. The van der Waals surface area contributed by atoms with Crippen molar-refractivity contribution in [3.05, 3.63) is 69.9 Å². The molecule has 0 radical (unpaired) electrons. The second-order valence-corrected chi connectivity index (χ2v) is 21.7. The van der Waals surface area contributed by atoms with Gasteiger partial charge in [-0.3, -0.25) is 28.7 Å². The van der Waals surface area contributed by atoms with Gasteiger partial charge in [-0.1, -0.05) is 31.4 Å². The molecule has 69 heavy (non-hydrogen) atoms. The summed E-state index contributed by atoms with van der Waals surface area (Å²) in [6.45, 7) is 6.90. The van der Waals surface area contributed by atoms with E-state index in [-0.39, 0.29) is 63.7 Å². The maximum atomic E-state index is 14.9. The SMILES string of the molecule is C[C@@H](OCC1(C(=O)OC(C)(C)C)CCCCC1)[C@H](NC(=O)[C@@H]1CN(C(=O)c2cnn(Cc3ccc(C(F)(F)F)cc3)c2)CC12CN(C(=O)C1(C(F)(F)F)CC1)C2)C(=O)N1CCC(c2nccs2)CC1. The molecule has 1 aromatic carbocycles. The van der Waals surface area contributed by atoms with Gasteiger partial charge in [-0.25, -0.2) is 4.98 Å². The van der Waals surface area contributed by atoms with Crippen LogP contribution < -0.4 is 5.32 Å². The summed E-state index contributed by atoms with van der Waals surface area (Å²) < 4.78 is 95.7. The van der Waals surface area contributed by atoms with Gasteiger partial charge in [0.1, 0.15) is 17.1 Å². The zero-order chi connectivity index (χ0) is 49.7. The Kier molecular flexibility index (Phi) is 13.8. The van der Waals surface area contributed by atoms with Crippen molar-refractivity contribution in [3.63, 3.8) is 0 Å². The third-order valence-electron chi connectivity index (χ3n) is 14.7. The van der Waals surface area contributed by atoms with Crippen LogP contribution in [0.15, 0.2) is 48.2 Å². The van der Waals surface area contributed by atoms with Crippen LogP contribution >= 0.6 is 11.3 Å². The number of aromatic nitrogens is 3. The number of amides is 4. The highest BCUT2D eigenvalue weighted by atomic mass is 32.1. The van der Waals surface area contributed by atoms with Gasteiger partial charge >= 0.3 is 18.3 Å². The number of rotatable bonds is 13. The molecule has 3 aliphatic heterocycles. The summed E-state index contributed by atoms with van der Waals surface area (Å²) in [5.41, 5.74) is -5.66. The molecule has 0 unspecified atom stereocenters. The molecule has 8 rings (SSSR count). The molecule has 5 fully saturated rings. The van der Waals surface area contributed by atoms with Gasteiger partial charge in [0, 0.05) is 68.4 Å². The molecule has 2 saturated carbocycles. The first-order valence-corrected chi connectivity index (χ1v) is 24.5. The van der Waals surface area contributed by atoms with Crippen LogP contribution in [0.2, 0.25) is 0 Å². The van der Waals surface area contributed by atoms with E-state index in [1.54, 1.807) is 50.1 Å². The molecule has 5 aliphatic rings. The molecular weight excluding hydrogens is 933 g/mol. The molecule has 2 aromatic heterocycles. The number of carbonyl (C=O) groups is 5. The van der Waals surface area contributed by atoms with Gasteiger partial charge < -0.3 is 29.5 Å². The largest absolute Gasteiger partial charge is 0.459 e. The third-order valence-corrected chi connectivity index (χ3v) is 15.6. The monoisotopic (exact) mass is 991 g/mol. The maximum absolute atomic E-state index is 14.9. The predicted molar refractivity (Wildman–Crippen MR) is 238 cm³/mol. The Morgan fingerprint density at radius 3 is 2.12 bits per heavy atom. The Labute approximate surface area is 400 Å². The summed E-state index contributed by atoms with van der Waals surface area (Å²) >= 11 is 1.54. The quantitative estimate of drug-likeness (QED) is 0.138. The standard InChI is InChI=1S/C48H59F6N7O7S/c1-30(67-29-44(14-6-5-7-15-44)42(66)68-43(2,3)4)36(40(64)58-19-12-32(13-20-58)38-55-18-21-69-38)57-37(62)35-25-59(26-45(35)27-60(28-45)41(65)46(16-17-46)48(52,53)54)39(63)33-22-56-61(24-33)23-31-8-10-34(11-9-31)47(49,50)51/h8-11,18,21-22,24,30,32,35-36H,5-7,12-17,19-20,23,25-29H2,1-4H3,(H,57,62)/t30-,35+,36+/m1/s1. The van der Waals surface area contributed by atoms with Crippen molar-refractivity contribution in [1.82, 2.24) is 34.8 Å².